The summed E-state index contributed by atoms with van der Waals surface area (Å²) in [7, 11) is 4.42. The summed E-state index contributed by atoms with van der Waals surface area (Å²) in [6.07, 6.45) is 5.02. The van der Waals surface area contributed by atoms with Crippen molar-refractivity contribution in [2.75, 3.05) is 20.1 Å². The lowest BCUT2D eigenvalue weighted by molar-refractivity contribution is 0.0819. The number of hydrogen-bond acceptors (Lipinski definition) is 3. The summed E-state index contributed by atoms with van der Waals surface area (Å²) in [5.74, 6) is 1.16. The maximum absolute atomic E-state index is 4.88. The molecule has 5 rings (SSSR count). The summed E-state index contributed by atoms with van der Waals surface area (Å²) in [4.78, 5) is 10.2. The molecule has 0 radical (unpaired) electrons. The maximum atomic E-state index is 4.88. The van der Waals surface area contributed by atoms with E-state index in [9.17, 15) is 0 Å². The van der Waals surface area contributed by atoms with E-state index in [-0.39, 0.29) is 0 Å². The van der Waals surface area contributed by atoms with Gasteiger partial charge in [-0.2, -0.15) is 0 Å². The molecule has 2 aromatic carbocycles. The molecule has 0 spiro atoms. The number of likely N-dealkylation sites (N-methyl/N-ethyl adjacent to an activating group) is 1. The quantitative estimate of drug-likeness (QED) is 0.697. The van der Waals surface area contributed by atoms with Crippen LogP contribution < -0.4 is 0 Å². The van der Waals surface area contributed by atoms with Gasteiger partial charge in [0.25, 0.3) is 0 Å². The van der Waals surface area contributed by atoms with Gasteiger partial charge in [-0.3, -0.25) is 9.80 Å². The number of piperidine rings is 1. The van der Waals surface area contributed by atoms with Gasteiger partial charge in [-0.1, -0.05) is 36.4 Å². The minimum atomic E-state index is 0.609. The van der Waals surface area contributed by atoms with Crippen LogP contribution in [0.4, 0.5) is 0 Å². The number of fused-ring (bicyclic) bond motifs is 2. The van der Waals surface area contributed by atoms with Crippen molar-refractivity contribution in [3.8, 4) is 0 Å². The fourth-order valence-corrected chi connectivity index (χ4v) is 5.16. The molecule has 1 atom stereocenters. The molecule has 3 aromatic rings. The first-order valence-electron chi connectivity index (χ1n) is 10.6. The third-order valence-electron chi connectivity index (χ3n) is 6.87. The fourth-order valence-electron chi connectivity index (χ4n) is 5.16. The van der Waals surface area contributed by atoms with E-state index in [0.29, 0.717) is 12.1 Å². The smallest absolute Gasteiger partial charge is 0.123 e. The van der Waals surface area contributed by atoms with Crippen molar-refractivity contribution >= 4 is 11.0 Å². The van der Waals surface area contributed by atoms with E-state index in [2.05, 4.69) is 77.0 Å². The van der Waals surface area contributed by atoms with Crippen molar-refractivity contribution in [1.29, 1.82) is 0 Å². The van der Waals surface area contributed by atoms with Crippen LogP contribution in [0.2, 0.25) is 0 Å². The number of nitrogens with zero attached hydrogens (tertiary/aromatic N) is 4. The summed E-state index contributed by atoms with van der Waals surface area (Å²) < 4.78 is 2.25. The van der Waals surface area contributed by atoms with Gasteiger partial charge < -0.3 is 4.57 Å². The average Bonchev–Trinajstić information content (AvgIpc) is 3.30. The molecule has 0 bridgehead atoms. The minimum absolute atomic E-state index is 0.609. The SMILES string of the molecule is CN(Cc1nc2ccccc2n1C)C1CCCN(C2Cc3ccccc3C2)C1. The molecular formula is C24H30N4. The molecule has 0 amide bonds. The van der Waals surface area contributed by atoms with Crippen LogP contribution in [0.15, 0.2) is 48.5 Å². The number of likely N-dealkylation sites (tertiary alicyclic amines) is 1. The Morgan fingerprint density at radius 3 is 2.50 bits per heavy atom. The number of aryl methyl sites for hydroxylation is 1. The van der Waals surface area contributed by atoms with Crippen LogP contribution in [0.5, 0.6) is 0 Å². The third-order valence-corrected chi connectivity index (χ3v) is 6.87. The third kappa shape index (κ3) is 3.25. The van der Waals surface area contributed by atoms with Crippen LogP contribution >= 0.6 is 0 Å². The minimum Gasteiger partial charge on any atom is -0.330 e. The van der Waals surface area contributed by atoms with Gasteiger partial charge in [0.1, 0.15) is 5.82 Å². The number of hydrogen-bond donors (Lipinski definition) is 0. The van der Waals surface area contributed by atoms with E-state index >= 15 is 0 Å². The van der Waals surface area contributed by atoms with Crippen molar-refractivity contribution in [2.24, 2.45) is 7.05 Å². The molecule has 0 N–H and O–H groups in total. The highest BCUT2D eigenvalue weighted by Gasteiger charge is 2.31. The molecule has 1 aliphatic carbocycles. The number of imidazole rings is 1. The van der Waals surface area contributed by atoms with E-state index in [1.54, 1.807) is 11.1 Å². The normalized spacial score (nSPS) is 20.9. The predicted octanol–water partition coefficient (Wildman–Crippen LogP) is 3.64. The van der Waals surface area contributed by atoms with Crippen LogP contribution in [-0.4, -0.2) is 51.6 Å². The zero-order valence-electron chi connectivity index (χ0n) is 17.0. The highest BCUT2D eigenvalue weighted by atomic mass is 15.2. The molecule has 4 heteroatoms. The largest absolute Gasteiger partial charge is 0.330 e. The Morgan fingerprint density at radius 1 is 1.04 bits per heavy atom. The van der Waals surface area contributed by atoms with Crippen LogP contribution in [0.1, 0.15) is 29.8 Å². The number of para-hydroxylation sites is 2. The van der Waals surface area contributed by atoms with Crippen molar-refractivity contribution in [3.05, 3.63) is 65.5 Å². The van der Waals surface area contributed by atoms with Crippen LogP contribution in [0, 0.1) is 0 Å². The fraction of sp³-hybridized carbons (Fsp3) is 0.458. The lowest BCUT2D eigenvalue weighted by Gasteiger charge is -2.40. The highest BCUT2D eigenvalue weighted by Crippen LogP contribution is 2.28. The molecular weight excluding hydrogens is 344 g/mol. The van der Waals surface area contributed by atoms with Gasteiger partial charge in [0.2, 0.25) is 0 Å². The van der Waals surface area contributed by atoms with E-state index in [1.807, 2.05) is 0 Å². The highest BCUT2D eigenvalue weighted by molar-refractivity contribution is 5.75. The molecule has 1 fully saturated rings. The van der Waals surface area contributed by atoms with Gasteiger partial charge in [-0.05, 0) is 62.5 Å². The van der Waals surface area contributed by atoms with Crippen LogP contribution in [0.3, 0.4) is 0 Å². The molecule has 4 nitrogen and oxygen atoms in total. The Kier molecular flexibility index (Phi) is 4.69. The second kappa shape index (κ2) is 7.34. The topological polar surface area (TPSA) is 24.3 Å². The molecule has 1 saturated heterocycles. The average molecular weight is 375 g/mol. The molecule has 1 unspecified atom stereocenters. The van der Waals surface area contributed by atoms with Crippen molar-refractivity contribution in [1.82, 2.24) is 19.4 Å². The standard InChI is InChI=1S/C24H30N4/c1-26(17-24-25-22-11-5-6-12-23(22)27(24)2)20-10-7-13-28(16-20)21-14-18-8-3-4-9-19(18)15-21/h3-6,8-9,11-12,20-21H,7,10,13-17H2,1-2H3. The van der Waals surface area contributed by atoms with Crippen LogP contribution in [0.25, 0.3) is 11.0 Å². The number of rotatable bonds is 4. The first-order chi connectivity index (χ1) is 13.7. The summed E-state index contributed by atoms with van der Waals surface area (Å²) in [6, 6.07) is 18.7. The Morgan fingerprint density at radius 2 is 1.75 bits per heavy atom. The first kappa shape index (κ1) is 17.9. The van der Waals surface area contributed by atoms with Crippen molar-refractivity contribution in [2.45, 2.75) is 44.3 Å². The van der Waals surface area contributed by atoms with E-state index < -0.39 is 0 Å². The molecule has 28 heavy (non-hydrogen) atoms. The van der Waals surface area contributed by atoms with Crippen molar-refractivity contribution < 1.29 is 0 Å². The molecule has 1 aromatic heterocycles. The molecule has 146 valence electrons. The molecule has 2 aliphatic rings. The van der Waals surface area contributed by atoms with Gasteiger partial charge in [-0.15, -0.1) is 0 Å². The van der Waals surface area contributed by atoms with Gasteiger partial charge in [0.15, 0.2) is 0 Å². The second-order valence-corrected chi connectivity index (χ2v) is 8.61. The number of aromatic nitrogens is 2. The van der Waals surface area contributed by atoms with Gasteiger partial charge in [0.05, 0.1) is 17.6 Å². The zero-order chi connectivity index (χ0) is 19.1. The van der Waals surface area contributed by atoms with Gasteiger partial charge in [-0.25, -0.2) is 4.98 Å². The van der Waals surface area contributed by atoms with Gasteiger partial charge in [0, 0.05) is 25.7 Å². The molecule has 2 heterocycles. The lowest BCUT2D eigenvalue weighted by atomic mass is 10.0. The Balaban J connectivity index is 1.26. The maximum Gasteiger partial charge on any atom is 0.123 e. The zero-order valence-corrected chi connectivity index (χ0v) is 17.0. The monoisotopic (exact) mass is 374 g/mol. The van der Waals surface area contributed by atoms with Crippen LogP contribution in [-0.2, 0) is 26.4 Å². The predicted molar refractivity (Wildman–Crippen MR) is 114 cm³/mol. The Labute approximate surface area is 167 Å². The molecule has 1 aliphatic heterocycles. The summed E-state index contributed by atoms with van der Waals surface area (Å²) in [5.41, 5.74) is 5.44. The Hall–Kier alpha value is -2.17. The summed E-state index contributed by atoms with van der Waals surface area (Å²) in [6.45, 7) is 3.34. The number of benzene rings is 2. The van der Waals surface area contributed by atoms with E-state index in [4.69, 9.17) is 4.98 Å². The second-order valence-electron chi connectivity index (χ2n) is 8.61. The summed E-state index contributed by atoms with van der Waals surface area (Å²) in [5, 5.41) is 0. The molecule has 0 saturated carbocycles. The van der Waals surface area contributed by atoms with E-state index in [1.165, 1.54) is 44.3 Å². The Bertz CT molecular complexity index is 951. The van der Waals surface area contributed by atoms with E-state index in [0.717, 1.165) is 17.9 Å². The summed E-state index contributed by atoms with van der Waals surface area (Å²) >= 11 is 0. The van der Waals surface area contributed by atoms with Gasteiger partial charge >= 0.3 is 0 Å². The van der Waals surface area contributed by atoms with Crippen molar-refractivity contribution in [3.63, 3.8) is 0 Å². The lowest BCUT2D eigenvalue weighted by Crippen LogP contribution is -2.50. The first-order valence-corrected chi connectivity index (χ1v) is 10.6.